The summed E-state index contributed by atoms with van der Waals surface area (Å²) >= 11 is 0. The van der Waals surface area contributed by atoms with Crippen LogP contribution in [0.2, 0.25) is 0 Å². The highest BCUT2D eigenvalue weighted by Gasteiger charge is 2.06. The van der Waals surface area contributed by atoms with Crippen LogP contribution in [0.4, 0.5) is 0 Å². The van der Waals surface area contributed by atoms with Crippen LogP contribution in [0.1, 0.15) is 19.8 Å². The third kappa shape index (κ3) is 2.57. The number of nitrogens with zero attached hydrogens (tertiary/aromatic N) is 1. The maximum Gasteiger partial charge on any atom is 0.0501 e. The summed E-state index contributed by atoms with van der Waals surface area (Å²) in [4.78, 5) is 2.24. The summed E-state index contributed by atoms with van der Waals surface area (Å²) in [5.41, 5.74) is 0. The van der Waals surface area contributed by atoms with Crippen LogP contribution in [-0.4, -0.2) is 18.0 Å². The highest BCUT2D eigenvalue weighted by molar-refractivity contribution is 5.13. The molecule has 12 heavy (non-hydrogen) atoms. The van der Waals surface area contributed by atoms with Gasteiger partial charge in [-0.05, 0) is 25.1 Å². The fourth-order valence-electron chi connectivity index (χ4n) is 1.27. The van der Waals surface area contributed by atoms with Crippen LogP contribution in [0.3, 0.4) is 0 Å². The Hall–Kier alpha value is -0.980. The lowest BCUT2D eigenvalue weighted by Crippen LogP contribution is -2.25. The minimum atomic E-state index is 0.554. The van der Waals surface area contributed by atoms with E-state index in [2.05, 4.69) is 55.5 Å². The van der Waals surface area contributed by atoms with E-state index in [0.29, 0.717) is 6.04 Å². The molecule has 0 saturated heterocycles. The van der Waals surface area contributed by atoms with Gasteiger partial charge in [-0.1, -0.05) is 31.2 Å². The van der Waals surface area contributed by atoms with Crippen LogP contribution in [0.15, 0.2) is 36.6 Å². The smallest absolute Gasteiger partial charge is 0.0501 e. The third-order valence-corrected chi connectivity index (χ3v) is 2.07. The lowest BCUT2D eigenvalue weighted by Gasteiger charge is -2.24. The molecular formula is C11H17N. The molecule has 0 amide bonds. The minimum Gasteiger partial charge on any atom is -0.374 e. The van der Waals surface area contributed by atoms with E-state index in [9.17, 15) is 0 Å². The average Bonchev–Trinajstić information content (AvgIpc) is 2.09. The molecule has 0 fully saturated rings. The van der Waals surface area contributed by atoms with E-state index in [1.165, 1.54) is 0 Å². The Morgan fingerprint density at radius 2 is 2.17 bits per heavy atom. The van der Waals surface area contributed by atoms with Crippen molar-refractivity contribution in [2.75, 3.05) is 7.05 Å². The van der Waals surface area contributed by atoms with Crippen LogP contribution in [0.5, 0.6) is 0 Å². The number of hydrogen-bond acceptors (Lipinski definition) is 1. The molecule has 1 nitrogen and oxygen atoms in total. The number of likely N-dealkylation sites (N-methyl/N-ethyl adjacent to an activating group) is 1. The van der Waals surface area contributed by atoms with Crippen molar-refractivity contribution >= 4 is 0 Å². The van der Waals surface area contributed by atoms with Gasteiger partial charge in [0.15, 0.2) is 0 Å². The van der Waals surface area contributed by atoms with E-state index in [1.54, 1.807) is 0 Å². The van der Waals surface area contributed by atoms with Crippen LogP contribution >= 0.6 is 0 Å². The maximum absolute atomic E-state index is 2.25. The van der Waals surface area contributed by atoms with Crippen molar-refractivity contribution in [2.24, 2.45) is 0 Å². The summed E-state index contributed by atoms with van der Waals surface area (Å²) in [6, 6.07) is 0.554. The van der Waals surface area contributed by atoms with Crippen LogP contribution < -0.4 is 0 Å². The average molecular weight is 163 g/mol. The van der Waals surface area contributed by atoms with Crippen molar-refractivity contribution in [3.63, 3.8) is 0 Å². The summed E-state index contributed by atoms with van der Waals surface area (Å²) in [7, 11) is 2.12. The van der Waals surface area contributed by atoms with E-state index < -0.39 is 0 Å². The molecule has 66 valence electrons. The van der Waals surface area contributed by atoms with Gasteiger partial charge < -0.3 is 4.90 Å². The Kier molecular flexibility index (Phi) is 3.65. The monoisotopic (exact) mass is 163 g/mol. The van der Waals surface area contributed by atoms with Gasteiger partial charge in [-0.25, -0.2) is 0 Å². The molecule has 1 aliphatic heterocycles. The minimum absolute atomic E-state index is 0.554. The van der Waals surface area contributed by atoms with Gasteiger partial charge in [0.2, 0.25) is 0 Å². The molecule has 0 bridgehead atoms. The van der Waals surface area contributed by atoms with Gasteiger partial charge in [-0.15, -0.1) is 0 Å². The van der Waals surface area contributed by atoms with Gasteiger partial charge >= 0.3 is 0 Å². The number of allylic oxidation sites excluding steroid dienone is 3. The molecule has 1 rings (SSSR count). The van der Waals surface area contributed by atoms with E-state index >= 15 is 0 Å². The lowest BCUT2D eigenvalue weighted by atomic mass is 10.1. The molecule has 1 aliphatic rings. The molecule has 1 heterocycles. The predicted molar refractivity (Wildman–Crippen MR) is 53.9 cm³/mol. The molecule has 0 aromatic heterocycles. The molecule has 0 saturated carbocycles. The molecule has 0 aromatic rings. The quantitative estimate of drug-likeness (QED) is 0.578. The van der Waals surface area contributed by atoms with Crippen LogP contribution in [-0.2, 0) is 0 Å². The standard InChI is InChI=1S/C11H17N/c1-3-4-5-8-11-9-6-7-10-12(11)2/h4-7,9-11H,3,8H2,1-2H3/b5-4+. The summed E-state index contributed by atoms with van der Waals surface area (Å²) < 4.78 is 0. The molecule has 0 aliphatic carbocycles. The van der Waals surface area contributed by atoms with Crippen molar-refractivity contribution in [3.8, 4) is 0 Å². The molecule has 0 radical (unpaired) electrons. The van der Waals surface area contributed by atoms with Gasteiger partial charge in [0.25, 0.3) is 0 Å². The zero-order valence-electron chi connectivity index (χ0n) is 7.90. The highest BCUT2D eigenvalue weighted by atomic mass is 15.1. The summed E-state index contributed by atoms with van der Waals surface area (Å²) in [5.74, 6) is 0. The fraction of sp³-hybridized carbons (Fsp3) is 0.455. The fourth-order valence-corrected chi connectivity index (χ4v) is 1.27. The molecule has 0 aromatic carbocycles. The zero-order valence-corrected chi connectivity index (χ0v) is 7.90. The van der Waals surface area contributed by atoms with Crippen molar-refractivity contribution in [3.05, 3.63) is 36.6 Å². The number of hydrogen-bond donors (Lipinski definition) is 0. The normalized spacial score (nSPS) is 22.5. The maximum atomic E-state index is 2.25. The first kappa shape index (κ1) is 9.11. The van der Waals surface area contributed by atoms with E-state index in [4.69, 9.17) is 0 Å². The van der Waals surface area contributed by atoms with Gasteiger partial charge in [0.05, 0.1) is 6.04 Å². The first-order chi connectivity index (χ1) is 5.84. The van der Waals surface area contributed by atoms with Crippen molar-refractivity contribution in [2.45, 2.75) is 25.8 Å². The first-order valence-corrected chi connectivity index (χ1v) is 4.56. The van der Waals surface area contributed by atoms with E-state index in [-0.39, 0.29) is 0 Å². The van der Waals surface area contributed by atoms with Gasteiger partial charge in [0, 0.05) is 7.05 Å². The molecular weight excluding hydrogens is 146 g/mol. The third-order valence-electron chi connectivity index (χ3n) is 2.07. The second-order valence-electron chi connectivity index (χ2n) is 3.07. The number of rotatable bonds is 3. The summed E-state index contributed by atoms with van der Waals surface area (Å²) in [5, 5.41) is 0. The molecule has 0 N–H and O–H groups in total. The van der Waals surface area contributed by atoms with Crippen LogP contribution in [0, 0.1) is 0 Å². The first-order valence-electron chi connectivity index (χ1n) is 4.56. The molecule has 1 heteroatoms. The largest absolute Gasteiger partial charge is 0.374 e. The summed E-state index contributed by atoms with van der Waals surface area (Å²) in [6.45, 7) is 2.16. The molecule has 0 spiro atoms. The topological polar surface area (TPSA) is 3.24 Å². The second kappa shape index (κ2) is 4.81. The van der Waals surface area contributed by atoms with E-state index in [1.807, 2.05) is 0 Å². The van der Waals surface area contributed by atoms with Crippen molar-refractivity contribution < 1.29 is 0 Å². The Morgan fingerprint density at radius 1 is 1.33 bits per heavy atom. The van der Waals surface area contributed by atoms with Crippen LogP contribution in [0.25, 0.3) is 0 Å². The zero-order chi connectivity index (χ0) is 8.81. The Balaban J connectivity index is 2.37. The Labute approximate surface area is 75.1 Å². The summed E-state index contributed by atoms with van der Waals surface area (Å²) in [6.07, 6.45) is 15.3. The van der Waals surface area contributed by atoms with Gasteiger partial charge in [-0.2, -0.15) is 0 Å². The SMILES string of the molecule is CC/C=C/CC1C=CC=CN1C. The Morgan fingerprint density at radius 3 is 2.83 bits per heavy atom. The Bertz CT molecular complexity index is 201. The molecule has 1 unspecified atom stereocenters. The second-order valence-corrected chi connectivity index (χ2v) is 3.07. The predicted octanol–water partition coefficient (Wildman–Crippen LogP) is 2.73. The lowest BCUT2D eigenvalue weighted by molar-refractivity contribution is 0.382. The highest BCUT2D eigenvalue weighted by Crippen LogP contribution is 2.09. The molecule has 1 atom stereocenters. The van der Waals surface area contributed by atoms with E-state index in [0.717, 1.165) is 12.8 Å². The van der Waals surface area contributed by atoms with Gasteiger partial charge in [-0.3, -0.25) is 0 Å². The van der Waals surface area contributed by atoms with Crippen molar-refractivity contribution in [1.82, 2.24) is 4.90 Å². The van der Waals surface area contributed by atoms with Gasteiger partial charge in [0.1, 0.15) is 0 Å². The van der Waals surface area contributed by atoms with Crippen molar-refractivity contribution in [1.29, 1.82) is 0 Å².